The molecular weight excluding hydrogens is 164 g/mol. The average Bonchev–Trinajstić information content (AvgIpc) is 2.52. The van der Waals surface area contributed by atoms with E-state index in [2.05, 4.69) is 5.10 Å². The lowest BCUT2D eigenvalue weighted by Gasteiger charge is -2.00. The van der Waals surface area contributed by atoms with E-state index >= 15 is 0 Å². The summed E-state index contributed by atoms with van der Waals surface area (Å²) in [7, 11) is 0. The van der Waals surface area contributed by atoms with Crippen molar-refractivity contribution in [3.8, 4) is 11.4 Å². The van der Waals surface area contributed by atoms with Crippen LogP contribution in [0.5, 0.6) is 5.75 Å². The molecule has 0 saturated carbocycles. The van der Waals surface area contributed by atoms with Crippen LogP contribution in [-0.2, 0) is 0 Å². The van der Waals surface area contributed by atoms with Crippen LogP contribution < -0.4 is 0 Å². The molecule has 0 amide bonds. The van der Waals surface area contributed by atoms with Gasteiger partial charge < -0.3 is 5.11 Å². The Labute approximate surface area is 76.3 Å². The topological polar surface area (TPSA) is 38.0 Å². The minimum absolute atomic E-state index is 0.182. The molecule has 1 aromatic carbocycles. The highest BCUT2D eigenvalue weighted by Crippen LogP contribution is 2.12. The monoisotopic (exact) mass is 174 g/mol. The molecule has 0 unspecified atom stereocenters. The molecule has 0 radical (unpaired) electrons. The van der Waals surface area contributed by atoms with Crippen molar-refractivity contribution >= 4 is 0 Å². The highest BCUT2D eigenvalue weighted by molar-refractivity contribution is 5.35. The zero-order valence-corrected chi connectivity index (χ0v) is 7.31. The molecule has 1 aromatic heterocycles. The van der Waals surface area contributed by atoms with Crippen LogP contribution in [0.25, 0.3) is 5.69 Å². The maximum absolute atomic E-state index is 9.10. The molecule has 0 aliphatic rings. The lowest BCUT2D eigenvalue weighted by Crippen LogP contribution is -1.93. The fraction of sp³-hybridized carbons (Fsp3) is 0.100. The second-order valence-electron chi connectivity index (χ2n) is 2.98. The summed E-state index contributed by atoms with van der Waals surface area (Å²) in [4.78, 5) is 0. The predicted molar refractivity (Wildman–Crippen MR) is 50.0 cm³/mol. The molecule has 2 aromatic rings. The number of rotatable bonds is 1. The first-order valence-corrected chi connectivity index (χ1v) is 4.06. The van der Waals surface area contributed by atoms with Gasteiger partial charge in [-0.15, -0.1) is 0 Å². The number of benzene rings is 1. The SMILES string of the molecule is Cc1cccc(-n2cc(O)cn2)c1. The van der Waals surface area contributed by atoms with Gasteiger partial charge >= 0.3 is 0 Å². The Bertz CT molecular complexity index is 420. The van der Waals surface area contributed by atoms with Crippen LogP contribution in [0.3, 0.4) is 0 Å². The Hall–Kier alpha value is -1.77. The molecule has 0 bridgehead atoms. The van der Waals surface area contributed by atoms with Crippen molar-refractivity contribution in [2.24, 2.45) is 0 Å². The number of nitrogens with zero attached hydrogens (tertiary/aromatic N) is 2. The van der Waals surface area contributed by atoms with E-state index in [9.17, 15) is 0 Å². The Morgan fingerprint density at radius 3 is 2.85 bits per heavy atom. The fourth-order valence-electron chi connectivity index (χ4n) is 1.22. The molecule has 0 saturated heterocycles. The van der Waals surface area contributed by atoms with Crippen molar-refractivity contribution in [1.29, 1.82) is 0 Å². The van der Waals surface area contributed by atoms with E-state index in [0.29, 0.717) is 0 Å². The highest BCUT2D eigenvalue weighted by Gasteiger charge is 1.98. The molecule has 0 spiro atoms. The van der Waals surface area contributed by atoms with Crippen molar-refractivity contribution in [1.82, 2.24) is 9.78 Å². The number of aromatic hydroxyl groups is 1. The van der Waals surface area contributed by atoms with E-state index in [1.165, 1.54) is 11.8 Å². The minimum atomic E-state index is 0.182. The van der Waals surface area contributed by atoms with E-state index < -0.39 is 0 Å². The number of aromatic nitrogens is 2. The summed E-state index contributed by atoms with van der Waals surface area (Å²) in [6.07, 6.45) is 3.00. The van der Waals surface area contributed by atoms with Gasteiger partial charge in [-0.2, -0.15) is 5.10 Å². The maximum atomic E-state index is 9.10. The van der Waals surface area contributed by atoms with Crippen LogP contribution in [0, 0.1) is 6.92 Å². The maximum Gasteiger partial charge on any atom is 0.153 e. The fourth-order valence-corrected chi connectivity index (χ4v) is 1.22. The lowest BCUT2D eigenvalue weighted by molar-refractivity contribution is 0.475. The number of aryl methyl sites for hydroxylation is 1. The van der Waals surface area contributed by atoms with E-state index in [4.69, 9.17) is 5.11 Å². The van der Waals surface area contributed by atoms with Crippen molar-refractivity contribution < 1.29 is 5.11 Å². The van der Waals surface area contributed by atoms with E-state index in [0.717, 1.165) is 5.69 Å². The standard InChI is InChI=1S/C10H10N2O/c1-8-3-2-4-9(5-8)12-7-10(13)6-11-12/h2-7,13H,1H3. The zero-order chi connectivity index (χ0) is 9.26. The minimum Gasteiger partial charge on any atom is -0.505 e. The van der Waals surface area contributed by atoms with Crippen LogP contribution in [0.4, 0.5) is 0 Å². The smallest absolute Gasteiger partial charge is 0.153 e. The molecule has 66 valence electrons. The van der Waals surface area contributed by atoms with Crippen LogP contribution in [-0.4, -0.2) is 14.9 Å². The van der Waals surface area contributed by atoms with Gasteiger partial charge in [0.15, 0.2) is 5.75 Å². The summed E-state index contributed by atoms with van der Waals surface area (Å²) in [5.74, 6) is 0.182. The largest absolute Gasteiger partial charge is 0.505 e. The third-order valence-electron chi connectivity index (χ3n) is 1.84. The average molecular weight is 174 g/mol. The third kappa shape index (κ3) is 1.54. The van der Waals surface area contributed by atoms with Gasteiger partial charge in [-0.25, -0.2) is 4.68 Å². The van der Waals surface area contributed by atoms with Crippen LogP contribution in [0.2, 0.25) is 0 Å². The predicted octanol–water partition coefficient (Wildman–Crippen LogP) is 1.89. The van der Waals surface area contributed by atoms with E-state index in [1.807, 2.05) is 31.2 Å². The number of hydrogen-bond donors (Lipinski definition) is 1. The molecule has 0 fully saturated rings. The summed E-state index contributed by atoms with van der Waals surface area (Å²) < 4.78 is 1.64. The summed E-state index contributed by atoms with van der Waals surface area (Å²) in [5, 5.41) is 13.1. The third-order valence-corrected chi connectivity index (χ3v) is 1.84. The molecule has 0 atom stereocenters. The Balaban J connectivity index is 2.46. The summed E-state index contributed by atoms with van der Waals surface area (Å²) in [5.41, 5.74) is 2.13. The second-order valence-corrected chi connectivity index (χ2v) is 2.98. The lowest BCUT2D eigenvalue weighted by atomic mass is 10.2. The molecule has 1 N–H and O–H groups in total. The Morgan fingerprint density at radius 2 is 2.23 bits per heavy atom. The molecule has 0 aliphatic carbocycles. The Morgan fingerprint density at radius 1 is 1.38 bits per heavy atom. The summed E-state index contributed by atoms with van der Waals surface area (Å²) in [6.45, 7) is 2.02. The molecule has 2 rings (SSSR count). The van der Waals surface area contributed by atoms with Crippen molar-refractivity contribution in [3.05, 3.63) is 42.2 Å². The first-order chi connectivity index (χ1) is 6.25. The van der Waals surface area contributed by atoms with Crippen LogP contribution >= 0.6 is 0 Å². The van der Waals surface area contributed by atoms with Gasteiger partial charge in [0.2, 0.25) is 0 Å². The van der Waals surface area contributed by atoms with Gasteiger partial charge in [0.25, 0.3) is 0 Å². The summed E-state index contributed by atoms with van der Waals surface area (Å²) >= 11 is 0. The zero-order valence-electron chi connectivity index (χ0n) is 7.31. The van der Waals surface area contributed by atoms with E-state index in [1.54, 1.807) is 10.9 Å². The molecule has 3 nitrogen and oxygen atoms in total. The van der Waals surface area contributed by atoms with Gasteiger partial charge in [-0.1, -0.05) is 12.1 Å². The number of hydrogen-bond acceptors (Lipinski definition) is 2. The molecular formula is C10H10N2O. The van der Waals surface area contributed by atoms with Crippen molar-refractivity contribution in [3.63, 3.8) is 0 Å². The summed E-state index contributed by atoms with van der Waals surface area (Å²) in [6, 6.07) is 7.93. The van der Waals surface area contributed by atoms with Gasteiger partial charge in [0.05, 0.1) is 18.1 Å². The van der Waals surface area contributed by atoms with Gasteiger partial charge in [-0.05, 0) is 24.6 Å². The normalized spacial score (nSPS) is 10.2. The van der Waals surface area contributed by atoms with Crippen molar-refractivity contribution in [2.45, 2.75) is 6.92 Å². The van der Waals surface area contributed by atoms with Gasteiger partial charge in [-0.3, -0.25) is 0 Å². The van der Waals surface area contributed by atoms with Crippen LogP contribution in [0.15, 0.2) is 36.7 Å². The quantitative estimate of drug-likeness (QED) is 0.716. The molecule has 0 aliphatic heterocycles. The van der Waals surface area contributed by atoms with Gasteiger partial charge in [0, 0.05) is 0 Å². The first kappa shape index (κ1) is 7.86. The first-order valence-electron chi connectivity index (χ1n) is 4.06. The van der Waals surface area contributed by atoms with Gasteiger partial charge in [0.1, 0.15) is 0 Å². The highest BCUT2D eigenvalue weighted by atomic mass is 16.3. The van der Waals surface area contributed by atoms with Crippen molar-refractivity contribution in [2.75, 3.05) is 0 Å². The molecule has 3 heteroatoms. The van der Waals surface area contributed by atoms with E-state index in [-0.39, 0.29) is 5.75 Å². The molecule has 1 heterocycles. The molecule has 13 heavy (non-hydrogen) atoms. The Kier molecular flexibility index (Phi) is 1.77. The second kappa shape index (κ2) is 2.94. The van der Waals surface area contributed by atoms with Crippen LogP contribution in [0.1, 0.15) is 5.56 Å².